The van der Waals surface area contributed by atoms with E-state index in [2.05, 4.69) is 16.7 Å². The number of thiophene rings is 1. The number of benzene rings is 1. The molecule has 0 saturated heterocycles. The second kappa shape index (κ2) is 12.5. The summed E-state index contributed by atoms with van der Waals surface area (Å²) in [5, 5.41) is 15.8. The van der Waals surface area contributed by atoms with Gasteiger partial charge >= 0.3 is 6.09 Å². The molecule has 198 valence electrons. The molecule has 0 spiro atoms. The molecule has 2 aromatic rings. The molecular weight excluding hydrogens is 508 g/mol. The highest BCUT2D eigenvalue weighted by molar-refractivity contribution is 8.00. The average molecular weight is 543 g/mol. The number of carbonyl (C=O) groups excluding carboxylic acids is 3. The summed E-state index contributed by atoms with van der Waals surface area (Å²) >= 11 is 2.76. The minimum atomic E-state index is -0.586. The number of hydrogen-bond acceptors (Lipinski definition) is 7. The van der Waals surface area contributed by atoms with Gasteiger partial charge in [0.2, 0.25) is 11.8 Å². The smallest absolute Gasteiger partial charge is 0.410 e. The topological polar surface area (TPSA) is 112 Å². The molecule has 1 aliphatic heterocycles. The number of nitriles is 1. The molecule has 3 rings (SSSR count). The maximum atomic E-state index is 13.2. The zero-order chi connectivity index (χ0) is 27.2. The maximum absolute atomic E-state index is 13.2. The molecule has 1 aromatic heterocycles. The van der Waals surface area contributed by atoms with Gasteiger partial charge < -0.3 is 20.3 Å². The van der Waals surface area contributed by atoms with Crippen molar-refractivity contribution in [2.75, 3.05) is 17.2 Å². The lowest BCUT2D eigenvalue weighted by Gasteiger charge is -2.29. The molecule has 1 atom stereocenters. The number of hydrogen-bond donors (Lipinski definition) is 2. The average Bonchev–Trinajstić information content (AvgIpc) is 3.17. The van der Waals surface area contributed by atoms with Crippen molar-refractivity contribution in [3.63, 3.8) is 0 Å². The van der Waals surface area contributed by atoms with Crippen LogP contribution in [-0.2, 0) is 27.3 Å². The number of anilines is 2. The Hall–Kier alpha value is -3.03. The van der Waals surface area contributed by atoms with Crippen LogP contribution < -0.4 is 10.6 Å². The molecule has 3 amide bonds. The molecule has 1 aromatic carbocycles. The van der Waals surface area contributed by atoms with Crippen molar-refractivity contribution >= 4 is 51.7 Å². The molecule has 0 fully saturated rings. The van der Waals surface area contributed by atoms with Crippen molar-refractivity contribution < 1.29 is 19.1 Å². The van der Waals surface area contributed by atoms with Gasteiger partial charge in [0.15, 0.2) is 0 Å². The Bertz CT molecular complexity index is 1200. The van der Waals surface area contributed by atoms with E-state index in [1.54, 1.807) is 4.90 Å². The first kappa shape index (κ1) is 28.5. The fourth-order valence-corrected chi connectivity index (χ4v) is 6.10. The number of nitrogens with zero attached hydrogens (tertiary/aromatic N) is 2. The van der Waals surface area contributed by atoms with Gasteiger partial charge in [0.25, 0.3) is 0 Å². The summed E-state index contributed by atoms with van der Waals surface area (Å²) in [4.78, 5) is 41.1. The zero-order valence-corrected chi connectivity index (χ0v) is 23.6. The number of thioether (sulfide) groups is 1. The van der Waals surface area contributed by atoms with Crippen molar-refractivity contribution in [2.45, 2.75) is 82.6 Å². The highest BCUT2D eigenvalue weighted by atomic mass is 32.2. The van der Waals surface area contributed by atoms with Gasteiger partial charge in [-0.05, 0) is 63.8 Å². The largest absolute Gasteiger partial charge is 0.444 e. The van der Waals surface area contributed by atoms with E-state index in [4.69, 9.17) is 4.74 Å². The Morgan fingerprint density at radius 2 is 2.00 bits per heavy atom. The van der Waals surface area contributed by atoms with E-state index in [1.807, 2.05) is 58.9 Å². The van der Waals surface area contributed by atoms with Crippen molar-refractivity contribution in [3.05, 3.63) is 40.3 Å². The molecule has 2 N–H and O–H groups in total. The van der Waals surface area contributed by atoms with Crippen LogP contribution in [0.4, 0.5) is 15.5 Å². The van der Waals surface area contributed by atoms with E-state index < -0.39 is 5.60 Å². The van der Waals surface area contributed by atoms with Crippen molar-refractivity contribution in [1.29, 1.82) is 5.26 Å². The first-order chi connectivity index (χ1) is 17.5. The number of amides is 3. The lowest BCUT2D eigenvalue weighted by molar-refractivity contribution is -0.116. The molecule has 0 saturated carbocycles. The van der Waals surface area contributed by atoms with Crippen molar-refractivity contribution in [1.82, 2.24) is 4.90 Å². The van der Waals surface area contributed by atoms with E-state index in [0.29, 0.717) is 48.6 Å². The lowest BCUT2D eigenvalue weighted by atomic mass is 10.0. The summed E-state index contributed by atoms with van der Waals surface area (Å²) < 4.78 is 5.50. The Balaban J connectivity index is 1.70. The highest BCUT2D eigenvalue weighted by Crippen LogP contribution is 2.38. The maximum Gasteiger partial charge on any atom is 0.410 e. The Morgan fingerprint density at radius 1 is 1.24 bits per heavy atom. The standard InChI is InChI=1S/C27H34N4O4S2/c1-6-9-23(32)29-17-10-8-11-18(14-17)36-21(7-2)24(33)30-25-20(15-28)19-12-13-31(16-22(19)37-25)26(34)35-27(3,4)5/h8,10-11,14,21H,6-7,9,12-13,16H2,1-5H3,(H,29,32)(H,30,33). The highest BCUT2D eigenvalue weighted by Gasteiger charge is 2.30. The quantitative estimate of drug-likeness (QED) is 0.386. The summed E-state index contributed by atoms with van der Waals surface area (Å²) in [7, 11) is 0. The fraction of sp³-hybridized carbons (Fsp3) is 0.481. The molecule has 10 heteroatoms. The second-order valence-corrected chi connectivity index (χ2v) is 12.2. The molecule has 37 heavy (non-hydrogen) atoms. The van der Waals surface area contributed by atoms with Crippen LogP contribution in [0.1, 0.15) is 69.9 Å². The minimum Gasteiger partial charge on any atom is -0.444 e. The Morgan fingerprint density at radius 3 is 2.65 bits per heavy atom. The zero-order valence-electron chi connectivity index (χ0n) is 22.0. The van der Waals surface area contributed by atoms with Crippen LogP contribution in [0, 0.1) is 11.3 Å². The minimum absolute atomic E-state index is 0.0367. The van der Waals surface area contributed by atoms with Gasteiger partial charge in [-0.3, -0.25) is 9.59 Å². The van der Waals surface area contributed by atoms with Crippen LogP contribution >= 0.6 is 23.1 Å². The monoisotopic (exact) mass is 542 g/mol. The van der Waals surface area contributed by atoms with Crippen LogP contribution in [0.2, 0.25) is 0 Å². The van der Waals surface area contributed by atoms with Gasteiger partial charge in [-0.1, -0.05) is 19.9 Å². The first-order valence-electron chi connectivity index (χ1n) is 12.4. The predicted octanol–water partition coefficient (Wildman–Crippen LogP) is 6.16. The van der Waals surface area contributed by atoms with Crippen LogP contribution in [0.5, 0.6) is 0 Å². The van der Waals surface area contributed by atoms with Gasteiger partial charge in [-0.15, -0.1) is 23.1 Å². The van der Waals surface area contributed by atoms with Gasteiger partial charge in [0, 0.05) is 28.4 Å². The van der Waals surface area contributed by atoms with E-state index in [0.717, 1.165) is 21.8 Å². The number of carbonyl (C=O) groups is 3. The van der Waals surface area contributed by atoms with Gasteiger partial charge in [-0.2, -0.15) is 5.26 Å². The molecule has 1 unspecified atom stereocenters. The third kappa shape index (κ3) is 7.73. The molecule has 8 nitrogen and oxygen atoms in total. The van der Waals surface area contributed by atoms with E-state index in [1.165, 1.54) is 23.1 Å². The van der Waals surface area contributed by atoms with Gasteiger partial charge in [0.05, 0.1) is 17.4 Å². The molecule has 0 radical (unpaired) electrons. The lowest BCUT2D eigenvalue weighted by Crippen LogP contribution is -2.39. The molecule has 1 aliphatic rings. The molecule has 0 bridgehead atoms. The van der Waals surface area contributed by atoms with E-state index in [9.17, 15) is 19.6 Å². The summed E-state index contributed by atoms with van der Waals surface area (Å²) in [5.41, 5.74) is 1.47. The third-order valence-corrected chi connectivity index (χ3v) is 8.08. The first-order valence-corrected chi connectivity index (χ1v) is 14.1. The second-order valence-electron chi connectivity index (χ2n) is 9.80. The Labute approximate surface area is 226 Å². The van der Waals surface area contributed by atoms with Gasteiger partial charge in [0.1, 0.15) is 16.7 Å². The van der Waals surface area contributed by atoms with Crippen LogP contribution in [0.25, 0.3) is 0 Å². The summed E-state index contributed by atoms with van der Waals surface area (Å²) in [6, 6.07) is 9.70. The number of ether oxygens (including phenoxy) is 1. The SMILES string of the molecule is CCCC(=O)Nc1cccc(SC(CC)C(=O)Nc2sc3c(c2C#N)CCN(C(=O)OC(C)(C)C)C3)c1. The van der Waals surface area contributed by atoms with Crippen LogP contribution in [0.3, 0.4) is 0 Å². The molecular formula is C27H34N4O4S2. The third-order valence-electron chi connectivity index (χ3n) is 5.59. The number of rotatable bonds is 8. The van der Waals surface area contributed by atoms with Crippen LogP contribution in [0.15, 0.2) is 29.2 Å². The molecule has 2 heterocycles. The van der Waals surface area contributed by atoms with Crippen molar-refractivity contribution in [3.8, 4) is 6.07 Å². The summed E-state index contributed by atoms with van der Waals surface area (Å²) in [6.45, 7) is 10.2. The predicted molar refractivity (Wildman–Crippen MR) is 148 cm³/mol. The van der Waals surface area contributed by atoms with Crippen LogP contribution in [-0.4, -0.2) is 40.2 Å². The number of fused-ring (bicyclic) bond motifs is 1. The van der Waals surface area contributed by atoms with Crippen molar-refractivity contribution in [2.24, 2.45) is 0 Å². The number of nitrogens with one attached hydrogen (secondary N) is 2. The summed E-state index contributed by atoms with van der Waals surface area (Å²) in [5.74, 6) is -0.225. The fourth-order valence-electron chi connectivity index (χ4n) is 3.87. The molecule has 0 aliphatic carbocycles. The van der Waals surface area contributed by atoms with E-state index >= 15 is 0 Å². The Kier molecular flexibility index (Phi) is 9.62. The normalized spacial score (nSPS) is 13.8. The van der Waals surface area contributed by atoms with E-state index in [-0.39, 0.29) is 23.2 Å². The summed E-state index contributed by atoms with van der Waals surface area (Å²) in [6.07, 6.45) is 1.97. The van der Waals surface area contributed by atoms with Gasteiger partial charge in [-0.25, -0.2) is 4.79 Å².